The number of hydrogen-bond acceptors (Lipinski definition) is 2. The average molecular weight is 151 g/mol. The van der Waals surface area contributed by atoms with Crippen molar-refractivity contribution < 1.29 is 9.53 Å². The first-order valence-corrected chi connectivity index (χ1v) is 3.29. The lowest BCUT2D eigenvalue weighted by Crippen LogP contribution is -2.20. The fourth-order valence-corrected chi connectivity index (χ4v) is 0.407. The van der Waals surface area contributed by atoms with Crippen molar-refractivity contribution in [2.24, 2.45) is 0 Å². The average Bonchev–Trinajstić information content (AvgIpc) is 1.63. The van der Waals surface area contributed by atoms with E-state index < -0.39 is 0 Å². The number of rotatable bonds is 2. The van der Waals surface area contributed by atoms with Crippen molar-refractivity contribution in [3.8, 4) is 0 Å². The monoisotopic (exact) mass is 150 g/mol. The standard InChI is InChI=1S/C6H11ClO2/c1-4(7)5(2)9-6(3)8/h4-5H,1-3H3/t4-,5+/m0/s1. The summed E-state index contributed by atoms with van der Waals surface area (Å²) >= 11 is 5.60. The summed E-state index contributed by atoms with van der Waals surface area (Å²) in [5.41, 5.74) is 0. The number of hydrogen-bond donors (Lipinski definition) is 0. The molecule has 0 fully saturated rings. The van der Waals surface area contributed by atoms with Crippen LogP contribution in [0.25, 0.3) is 0 Å². The molecule has 0 aromatic heterocycles. The summed E-state index contributed by atoms with van der Waals surface area (Å²) in [6, 6.07) is 0. The van der Waals surface area contributed by atoms with E-state index in [9.17, 15) is 4.79 Å². The Balaban J connectivity index is 3.50. The lowest BCUT2D eigenvalue weighted by molar-refractivity contribution is -0.145. The van der Waals surface area contributed by atoms with Gasteiger partial charge in [-0.1, -0.05) is 0 Å². The van der Waals surface area contributed by atoms with Gasteiger partial charge in [0.05, 0.1) is 5.38 Å². The highest BCUT2D eigenvalue weighted by Crippen LogP contribution is 2.04. The third-order valence-corrected chi connectivity index (χ3v) is 1.35. The molecule has 0 aliphatic rings. The van der Waals surface area contributed by atoms with Crippen LogP contribution in [0.5, 0.6) is 0 Å². The lowest BCUT2D eigenvalue weighted by Gasteiger charge is -2.12. The summed E-state index contributed by atoms with van der Waals surface area (Å²) in [5, 5.41) is -0.117. The summed E-state index contributed by atoms with van der Waals surface area (Å²) in [6.07, 6.45) is -0.191. The second-order valence-electron chi connectivity index (χ2n) is 1.99. The van der Waals surface area contributed by atoms with Crippen molar-refractivity contribution in [3.63, 3.8) is 0 Å². The lowest BCUT2D eigenvalue weighted by atomic mass is 10.3. The molecule has 0 aliphatic heterocycles. The van der Waals surface area contributed by atoms with Crippen LogP contribution in [0, 0.1) is 0 Å². The van der Waals surface area contributed by atoms with Gasteiger partial charge in [-0.25, -0.2) is 0 Å². The Morgan fingerprint density at radius 1 is 1.56 bits per heavy atom. The molecular formula is C6H11ClO2. The van der Waals surface area contributed by atoms with E-state index >= 15 is 0 Å². The Kier molecular flexibility index (Phi) is 3.62. The van der Waals surface area contributed by atoms with Gasteiger partial charge in [-0.2, -0.15) is 0 Å². The van der Waals surface area contributed by atoms with Crippen LogP contribution in [0.15, 0.2) is 0 Å². The maximum Gasteiger partial charge on any atom is 0.302 e. The predicted molar refractivity (Wildman–Crippen MR) is 36.5 cm³/mol. The third-order valence-electron chi connectivity index (χ3n) is 0.999. The zero-order valence-corrected chi connectivity index (χ0v) is 6.61. The number of ether oxygens (including phenoxy) is 1. The molecule has 0 heterocycles. The summed E-state index contributed by atoms with van der Waals surface area (Å²) in [6.45, 7) is 4.92. The van der Waals surface area contributed by atoms with Gasteiger partial charge in [-0.3, -0.25) is 4.79 Å². The maximum absolute atomic E-state index is 10.3. The van der Waals surface area contributed by atoms with Gasteiger partial charge < -0.3 is 4.74 Å². The minimum absolute atomic E-state index is 0.117. The van der Waals surface area contributed by atoms with Gasteiger partial charge in [0.15, 0.2) is 0 Å². The highest BCUT2D eigenvalue weighted by Gasteiger charge is 2.10. The van der Waals surface area contributed by atoms with Crippen LogP contribution in [0.3, 0.4) is 0 Å². The van der Waals surface area contributed by atoms with Crippen molar-refractivity contribution in [2.45, 2.75) is 32.3 Å². The molecule has 0 aromatic carbocycles. The molecule has 2 nitrogen and oxygen atoms in total. The molecule has 54 valence electrons. The summed E-state index contributed by atoms with van der Waals surface area (Å²) in [5.74, 6) is -0.282. The molecule has 2 atom stereocenters. The van der Waals surface area contributed by atoms with Crippen LogP contribution in [0.1, 0.15) is 20.8 Å². The molecule has 0 bridgehead atoms. The fourth-order valence-electron chi connectivity index (χ4n) is 0.356. The van der Waals surface area contributed by atoms with Crippen molar-refractivity contribution >= 4 is 17.6 Å². The van der Waals surface area contributed by atoms with E-state index in [1.807, 2.05) is 0 Å². The molecule has 3 heteroatoms. The largest absolute Gasteiger partial charge is 0.461 e. The fraction of sp³-hybridized carbons (Fsp3) is 0.833. The molecule has 9 heavy (non-hydrogen) atoms. The van der Waals surface area contributed by atoms with Crippen LogP contribution >= 0.6 is 11.6 Å². The van der Waals surface area contributed by atoms with Gasteiger partial charge in [-0.05, 0) is 13.8 Å². The Morgan fingerprint density at radius 3 is 2.11 bits per heavy atom. The predicted octanol–water partition coefficient (Wildman–Crippen LogP) is 1.57. The highest BCUT2D eigenvalue weighted by molar-refractivity contribution is 6.20. The van der Waals surface area contributed by atoms with Gasteiger partial charge in [0, 0.05) is 6.92 Å². The Hall–Kier alpha value is -0.240. The molecule has 0 N–H and O–H groups in total. The van der Waals surface area contributed by atoms with Gasteiger partial charge in [-0.15, -0.1) is 11.6 Å². The van der Waals surface area contributed by atoms with Gasteiger partial charge in [0.2, 0.25) is 0 Å². The number of carbonyl (C=O) groups is 1. The van der Waals surface area contributed by atoms with E-state index in [1.165, 1.54) is 6.92 Å². The first-order valence-electron chi connectivity index (χ1n) is 2.85. The second-order valence-corrected chi connectivity index (χ2v) is 2.68. The van der Waals surface area contributed by atoms with E-state index in [0.29, 0.717) is 0 Å². The van der Waals surface area contributed by atoms with Gasteiger partial charge in [0.1, 0.15) is 6.10 Å². The molecular weight excluding hydrogens is 140 g/mol. The van der Waals surface area contributed by atoms with Crippen molar-refractivity contribution in [1.82, 2.24) is 0 Å². The van der Waals surface area contributed by atoms with E-state index in [1.54, 1.807) is 13.8 Å². The molecule has 0 amide bonds. The van der Waals surface area contributed by atoms with Gasteiger partial charge >= 0.3 is 5.97 Å². The second kappa shape index (κ2) is 3.72. The molecule has 0 unspecified atom stereocenters. The van der Waals surface area contributed by atoms with E-state index in [4.69, 9.17) is 16.3 Å². The number of halogens is 1. The quantitative estimate of drug-likeness (QED) is 0.441. The Bertz CT molecular complexity index is 101. The van der Waals surface area contributed by atoms with Crippen LogP contribution < -0.4 is 0 Å². The molecule has 0 saturated heterocycles. The van der Waals surface area contributed by atoms with E-state index in [0.717, 1.165) is 0 Å². The van der Waals surface area contributed by atoms with Gasteiger partial charge in [0.25, 0.3) is 0 Å². The maximum atomic E-state index is 10.3. The van der Waals surface area contributed by atoms with Crippen LogP contribution in [0.4, 0.5) is 0 Å². The first-order chi connectivity index (χ1) is 4.04. The topological polar surface area (TPSA) is 26.3 Å². The van der Waals surface area contributed by atoms with Crippen LogP contribution in [-0.4, -0.2) is 17.5 Å². The Morgan fingerprint density at radius 2 is 2.00 bits per heavy atom. The normalized spacial score (nSPS) is 16.4. The number of esters is 1. The molecule has 0 rings (SSSR count). The van der Waals surface area contributed by atoms with Crippen LogP contribution in [0.2, 0.25) is 0 Å². The van der Waals surface area contributed by atoms with E-state index in [-0.39, 0.29) is 17.5 Å². The van der Waals surface area contributed by atoms with E-state index in [2.05, 4.69) is 0 Å². The molecule has 0 spiro atoms. The first kappa shape index (κ1) is 8.76. The summed E-state index contributed by atoms with van der Waals surface area (Å²) < 4.78 is 4.74. The molecule has 0 saturated carbocycles. The summed E-state index contributed by atoms with van der Waals surface area (Å²) in [4.78, 5) is 10.3. The minimum atomic E-state index is -0.282. The third kappa shape index (κ3) is 4.28. The smallest absolute Gasteiger partial charge is 0.302 e. The molecule has 0 aromatic rings. The Labute approximate surface area is 60.1 Å². The SMILES string of the molecule is CC(=O)O[C@H](C)[C@H](C)Cl. The van der Waals surface area contributed by atoms with Crippen molar-refractivity contribution in [2.75, 3.05) is 0 Å². The zero-order chi connectivity index (χ0) is 7.44. The molecule has 0 radical (unpaired) electrons. The van der Waals surface area contributed by atoms with Crippen LogP contribution in [-0.2, 0) is 9.53 Å². The summed E-state index contributed by atoms with van der Waals surface area (Å²) in [7, 11) is 0. The van der Waals surface area contributed by atoms with Crippen molar-refractivity contribution in [1.29, 1.82) is 0 Å². The minimum Gasteiger partial charge on any atom is -0.461 e. The zero-order valence-electron chi connectivity index (χ0n) is 5.85. The van der Waals surface area contributed by atoms with Crippen molar-refractivity contribution in [3.05, 3.63) is 0 Å². The molecule has 0 aliphatic carbocycles. The number of alkyl halides is 1. The number of carbonyl (C=O) groups excluding carboxylic acids is 1. The highest BCUT2D eigenvalue weighted by atomic mass is 35.5.